The molecule has 0 amide bonds. The van der Waals surface area contributed by atoms with Crippen LogP contribution in [0.4, 0.5) is 0 Å². The van der Waals surface area contributed by atoms with Crippen molar-refractivity contribution in [1.29, 1.82) is 0 Å². The third-order valence-corrected chi connectivity index (χ3v) is 2.56. The molecule has 0 aromatic heterocycles. The van der Waals surface area contributed by atoms with Crippen LogP contribution in [0, 0.1) is 5.92 Å². The molecule has 0 aliphatic carbocycles. The fourth-order valence-electron chi connectivity index (χ4n) is 1.33. The number of rotatable bonds is 4. The van der Waals surface area contributed by atoms with Gasteiger partial charge >= 0.3 is 0 Å². The third kappa shape index (κ3) is 3.38. The first-order valence-corrected chi connectivity index (χ1v) is 5.13. The first-order valence-electron chi connectivity index (χ1n) is 5.13. The highest BCUT2D eigenvalue weighted by molar-refractivity contribution is 5.25. The Labute approximate surface area is 85.8 Å². The van der Waals surface area contributed by atoms with Gasteiger partial charge in [0.2, 0.25) is 0 Å². The van der Waals surface area contributed by atoms with Crippen LogP contribution in [0.5, 0.6) is 5.75 Å². The van der Waals surface area contributed by atoms with Crippen LogP contribution in [-0.4, -0.2) is 11.1 Å². The van der Waals surface area contributed by atoms with E-state index < -0.39 is 0 Å². The van der Waals surface area contributed by atoms with Gasteiger partial charge in [0.15, 0.2) is 0 Å². The van der Waals surface area contributed by atoms with Crippen molar-refractivity contribution < 1.29 is 5.11 Å². The van der Waals surface area contributed by atoms with Crippen LogP contribution in [0.1, 0.15) is 25.8 Å². The van der Waals surface area contributed by atoms with Crippen molar-refractivity contribution in [2.45, 2.75) is 32.7 Å². The Balaban J connectivity index is 2.42. The molecule has 1 unspecified atom stereocenters. The molecule has 14 heavy (non-hydrogen) atoms. The average molecular weight is 193 g/mol. The zero-order chi connectivity index (χ0) is 10.6. The summed E-state index contributed by atoms with van der Waals surface area (Å²) < 4.78 is 0. The summed E-state index contributed by atoms with van der Waals surface area (Å²) in [6, 6.07) is 7.60. The number of nitrogens with two attached hydrogens (primary N) is 1. The van der Waals surface area contributed by atoms with Gasteiger partial charge in [-0.05, 0) is 36.5 Å². The predicted octanol–water partition coefficient (Wildman–Crippen LogP) is 2.31. The van der Waals surface area contributed by atoms with Crippen molar-refractivity contribution in [1.82, 2.24) is 0 Å². The molecule has 2 heteroatoms. The Hall–Kier alpha value is -1.02. The summed E-state index contributed by atoms with van der Waals surface area (Å²) in [6.45, 7) is 4.28. The molecule has 0 saturated carbocycles. The first kappa shape index (κ1) is 11.1. The number of aromatic hydroxyl groups is 1. The maximum Gasteiger partial charge on any atom is 0.115 e. The van der Waals surface area contributed by atoms with Crippen molar-refractivity contribution in [3.05, 3.63) is 29.8 Å². The van der Waals surface area contributed by atoms with E-state index in [4.69, 9.17) is 10.8 Å². The largest absolute Gasteiger partial charge is 0.508 e. The lowest BCUT2D eigenvalue weighted by molar-refractivity contribution is 0.463. The van der Waals surface area contributed by atoms with Crippen LogP contribution in [-0.2, 0) is 6.42 Å². The molecule has 78 valence electrons. The number of phenols is 1. The van der Waals surface area contributed by atoms with E-state index in [1.165, 1.54) is 5.56 Å². The first-order chi connectivity index (χ1) is 6.59. The molecule has 1 aromatic rings. The molecule has 1 atom stereocenters. The van der Waals surface area contributed by atoms with Crippen molar-refractivity contribution in [2.75, 3.05) is 0 Å². The van der Waals surface area contributed by atoms with Gasteiger partial charge < -0.3 is 10.8 Å². The average Bonchev–Trinajstić information content (AvgIpc) is 2.16. The fourth-order valence-corrected chi connectivity index (χ4v) is 1.33. The highest BCUT2D eigenvalue weighted by Gasteiger charge is 2.07. The molecule has 0 saturated heterocycles. The summed E-state index contributed by atoms with van der Waals surface area (Å²) in [7, 11) is 0. The van der Waals surface area contributed by atoms with E-state index in [2.05, 4.69) is 13.8 Å². The quantitative estimate of drug-likeness (QED) is 0.770. The van der Waals surface area contributed by atoms with Crippen molar-refractivity contribution in [2.24, 2.45) is 11.7 Å². The Morgan fingerprint density at radius 2 is 1.79 bits per heavy atom. The molecule has 0 aliphatic rings. The summed E-state index contributed by atoms with van der Waals surface area (Å²) in [5.41, 5.74) is 7.18. The highest BCUT2D eigenvalue weighted by atomic mass is 16.3. The zero-order valence-electron chi connectivity index (χ0n) is 8.90. The van der Waals surface area contributed by atoms with Gasteiger partial charge in [0, 0.05) is 6.04 Å². The molecule has 2 nitrogen and oxygen atoms in total. The van der Waals surface area contributed by atoms with Gasteiger partial charge in [-0.15, -0.1) is 0 Å². The number of phenolic OH excluding ortho intramolecular Hbond substituents is 1. The standard InChI is InChI=1S/C12H19NO/c1-9(2)12(13)8-5-10-3-6-11(14)7-4-10/h3-4,6-7,9,12,14H,5,8,13H2,1-2H3. The summed E-state index contributed by atoms with van der Waals surface area (Å²) in [5.74, 6) is 0.856. The Kier molecular flexibility index (Phi) is 3.96. The van der Waals surface area contributed by atoms with Crippen molar-refractivity contribution in [3.8, 4) is 5.75 Å². The maximum absolute atomic E-state index is 9.10. The number of benzene rings is 1. The molecule has 0 spiro atoms. The topological polar surface area (TPSA) is 46.2 Å². The third-order valence-electron chi connectivity index (χ3n) is 2.56. The lowest BCUT2D eigenvalue weighted by Gasteiger charge is -2.14. The van der Waals surface area contributed by atoms with E-state index in [-0.39, 0.29) is 6.04 Å². The van der Waals surface area contributed by atoms with Gasteiger partial charge in [0.1, 0.15) is 5.75 Å². The van der Waals surface area contributed by atoms with Crippen LogP contribution in [0.2, 0.25) is 0 Å². The molecule has 3 N–H and O–H groups in total. The van der Waals surface area contributed by atoms with Crippen LogP contribution in [0.15, 0.2) is 24.3 Å². The Morgan fingerprint density at radius 3 is 2.29 bits per heavy atom. The second-order valence-corrected chi connectivity index (χ2v) is 4.11. The minimum absolute atomic E-state index is 0.267. The maximum atomic E-state index is 9.10. The van der Waals surface area contributed by atoms with Crippen LogP contribution < -0.4 is 5.73 Å². The SMILES string of the molecule is CC(C)C(N)CCc1ccc(O)cc1. The monoisotopic (exact) mass is 193 g/mol. The molecule has 1 rings (SSSR count). The smallest absolute Gasteiger partial charge is 0.115 e. The Morgan fingerprint density at radius 1 is 1.21 bits per heavy atom. The number of hydrogen-bond acceptors (Lipinski definition) is 2. The molecule has 0 aliphatic heterocycles. The molecule has 1 aromatic carbocycles. The van der Waals surface area contributed by atoms with Crippen molar-refractivity contribution >= 4 is 0 Å². The van der Waals surface area contributed by atoms with Crippen LogP contribution in [0.3, 0.4) is 0 Å². The second kappa shape index (κ2) is 5.01. The minimum atomic E-state index is 0.267. The predicted molar refractivity (Wildman–Crippen MR) is 59.2 cm³/mol. The van der Waals surface area contributed by atoms with Crippen LogP contribution in [0.25, 0.3) is 0 Å². The molecule has 0 radical (unpaired) electrons. The molecular formula is C12H19NO. The van der Waals surface area contributed by atoms with Crippen LogP contribution >= 0.6 is 0 Å². The van der Waals surface area contributed by atoms with Gasteiger partial charge in [-0.25, -0.2) is 0 Å². The van der Waals surface area contributed by atoms with E-state index in [1.807, 2.05) is 12.1 Å². The van der Waals surface area contributed by atoms with E-state index in [1.54, 1.807) is 12.1 Å². The summed E-state index contributed by atoms with van der Waals surface area (Å²) in [5, 5.41) is 9.10. The minimum Gasteiger partial charge on any atom is -0.508 e. The molecule has 0 fully saturated rings. The van der Waals surface area contributed by atoms with Crippen molar-refractivity contribution in [3.63, 3.8) is 0 Å². The number of hydrogen-bond donors (Lipinski definition) is 2. The van der Waals surface area contributed by atoms with Gasteiger partial charge in [-0.2, -0.15) is 0 Å². The summed E-state index contributed by atoms with van der Waals surface area (Å²) in [6.07, 6.45) is 1.99. The van der Waals surface area contributed by atoms with Gasteiger partial charge in [-0.3, -0.25) is 0 Å². The lowest BCUT2D eigenvalue weighted by atomic mass is 9.98. The molecule has 0 bridgehead atoms. The second-order valence-electron chi connectivity index (χ2n) is 4.11. The van der Waals surface area contributed by atoms with E-state index in [0.717, 1.165) is 12.8 Å². The highest BCUT2D eigenvalue weighted by Crippen LogP contribution is 2.13. The Bertz CT molecular complexity index is 266. The lowest BCUT2D eigenvalue weighted by Crippen LogP contribution is -2.26. The van der Waals surface area contributed by atoms with E-state index in [0.29, 0.717) is 11.7 Å². The van der Waals surface area contributed by atoms with Gasteiger partial charge in [0.05, 0.1) is 0 Å². The number of aryl methyl sites for hydroxylation is 1. The van der Waals surface area contributed by atoms with Gasteiger partial charge in [-0.1, -0.05) is 26.0 Å². The fraction of sp³-hybridized carbons (Fsp3) is 0.500. The van der Waals surface area contributed by atoms with E-state index >= 15 is 0 Å². The summed E-state index contributed by atoms with van der Waals surface area (Å²) in [4.78, 5) is 0. The summed E-state index contributed by atoms with van der Waals surface area (Å²) >= 11 is 0. The normalized spacial score (nSPS) is 13.1. The molecular weight excluding hydrogens is 174 g/mol. The van der Waals surface area contributed by atoms with E-state index in [9.17, 15) is 0 Å². The zero-order valence-corrected chi connectivity index (χ0v) is 8.90. The van der Waals surface area contributed by atoms with Gasteiger partial charge in [0.25, 0.3) is 0 Å². The molecule has 0 heterocycles.